The largest absolute Gasteiger partial charge is 0.491 e. The average molecular weight is 480 g/mol. The zero-order valence-electron chi connectivity index (χ0n) is 20.2. The molecule has 8 heteroatoms. The van der Waals surface area contributed by atoms with Gasteiger partial charge in [0.2, 0.25) is 5.89 Å². The number of carboxylic acid groups (broad SMARTS) is 1. The highest BCUT2D eigenvalue weighted by Crippen LogP contribution is 2.32. The third-order valence-electron chi connectivity index (χ3n) is 5.44. The van der Waals surface area contributed by atoms with Crippen LogP contribution in [0.25, 0.3) is 22.4 Å². The zero-order chi connectivity index (χ0) is 24.9. The first-order valence-corrected chi connectivity index (χ1v) is 11.5. The summed E-state index contributed by atoms with van der Waals surface area (Å²) in [4.78, 5) is 16.1. The Morgan fingerprint density at radius 2 is 1.89 bits per heavy atom. The number of ether oxygens (including phenoxy) is 3. The van der Waals surface area contributed by atoms with E-state index in [9.17, 15) is 9.90 Å². The molecule has 4 rings (SSSR count). The van der Waals surface area contributed by atoms with Crippen molar-refractivity contribution in [2.75, 3.05) is 6.61 Å². The van der Waals surface area contributed by atoms with Gasteiger partial charge in [0, 0.05) is 18.6 Å². The van der Waals surface area contributed by atoms with Gasteiger partial charge in [-0.3, -0.25) is 0 Å². The molecule has 0 bridgehead atoms. The van der Waals surface area contributed by atoms with E-state index in [0.29, 0.717) is 35.3 Å². The van der Waals surface area contributed by atoms with E-state index in [1.807, 2.05) is 51.1 Å². The Balaban J connectivity index is 1.49. The highest BCUT2D eigenvalue weighted by Gasteiger charge is 2.21. The van der Waals surface area contributed by atoms with Crippen molar-refractivity contribution in [3.63, 3.8) is 0 Å². The molecule has 8 nitrogen and oxygen atoms in total. The lowest BCUT2D eigenvalue weighted by molar-refractivity contribution is -0.149. The highest BCUT2D eigenvalue weighted by molar-refractivity contribution is 5.87. The van der Waals surface area contributed by atoms with Gasteiger partial charge in [-0.2, -0.15) is 0 Å². The predicted octanol–water partition coefficient (Wildman–Crippen LogP) is 5.79. The lowest BCUT2D eigenvalue weighted by Crippen LogP contribution is -2.26. The smallest absolute Gasteiger partial charge is 0.333 e. The third kappa shape index (κ3) is 5.66. The number of aromatic nitrogens is 1. The molecule has 1 N–H and O–H groups in total. The number of benzene rings is 2. The maximum Gasteiger partial charge on any atom is 0.333 e. The van der Waals surface area contributed by atoms with Crippen molar-refractivity contribution in [1.82, 2.24) is 4.98 Å². The van der Waals surface area contributed by atoms with Crippen LogP contribution in [-0.2, 0) is 22.6 Å². The molecule has 0 aliphatic rings. The molecule has 2 heterocycles. The molecule has 0 amide bonds. The van der Waals surface area contributed by atoms with Crippen LogP contribution in [0.15, 0.2) is 57.6 Å². The Morgan fingerprint density at radius 1 is 1.11 bits per heavy atom. The molecular weight excluding hydrogens is 450 g/mol. The molecule has 1 atom stereocenters. The summed E-state index contributed by atoms with van der Waals surface area (Å²) < 4.78 is 28.6. The maximum atomic E-state index is 11.5. The normalized spacial score (nSPS) is 12.3. The number of carboxylic acids is 1. The summed E-state index contributed by atoms with van der Waals surface area (Å²) in [5.41, 5.74) is 2.85. The van der Waals surface area contributed by atoms with Crippen LogP contribution in [0.4, 0.5) is 0 Å². The minimum atomic E-state index is -1.01. The minimum absolute atomic E-state index is 0.104. The summed E-state index contributed by atoms with van der Waals surface area (Å²) in [6.07, 6.45) is 0.916. The highest BCUT2D eigenvalue weighted by atomic mass is 16.5. The van der Waals surface area contributed by atoms with Gasteiger partial charge in [0.1, 0.15) is 35.1 Å². The molecule has 184 valence electrons. The van der Waals surface area contributed by atoms with Crippen LogP contribution in [0.5, 0.6) is 11.5 Å². The van der Waals surface area contributed by atoms with E-state index in [4.69, 9.17) is 23.0 Å². The first-order chi connectivity index (χ1) is 16.9. The topological polar surface area (TPSA) is 104 Å². The Hall–Kier alpha value is -3.78. The van der Waals surface area contributed by atoms with Crippen LogP contribution in [-0.4, -0.2) is 34.9 Å². The van der Waals surface area contributed by atoms with Crippen LogP contribution < -0.4 is 9.47 Å². The average Bonchev–Trinajstić information content (AvgIpc) is 3.45. The molecule has 0 saturated heterocycles. The van der Waals surface area contributed by atoms with E-state index in [1.54, 1.807) is 25.3 Å². The van der Waals surface area contributed by atoms with Gasteiger partial charge in [0.15, 0.2) is 6.10 Å². The maximum absolute atomic E-state index is 11.5. The number of hydrogen-bond donors (Lipinski definition) is 1. The molecule has 1 unspecified atom stereocenters. The van der Waals surface area contributed by atoms with Gasteiger partial charge in [-0.1, -0.05) is 6.07 Å². The number of rotatable bonds is 11. The van der Waals surface area contributed by atoms with Crippen LogP contribution in [0, 0.1) is 6.92 Å². The number of oxazole rings is 1. The second kappa shape index (κ2) is 10.7. The first kappa shape index (κ1) is 24.3. The van der Waals surface area contributed by atoms with Crippen LogP contribution in [0.2, 0.25) is 0 Å². The number of nitrogens with zero attached hydrogens (tertiary/aromatic N) is 1. The Bertz CT molecular complexity index is 1290. The second-order valence-corrected chi connectivity index (χ2v) is 8.37. The summed E-state index contributed by atoms with van der Waals surface area (Å²) in [6, 6.07) is 13.0. The Morgan fingerprint density at radius 3 is 2.57 bits per heavy atom. The number of furan rings is 1. The first-order valence-electron chi connectivity index (χ1n) is 11.5. The second-order valence-electron chi connectivity index (χ2n) is 8.37. The van der Waals surface area contributed by atoms with E-state index in [1.165, 1.54) is 0 Å². The number of fused-ring (bicyclic) bond motifs is 1. The summed E-state index contributed by atoms with van der Waals surface area (Å²) in [5.74, 6) is 1.57. The fraction of sp³-hybridized carbons (Fsp3) is 0.333. The van der Waals surface area contributed by atoms with Crippen molar-refractivity contribution in [3.05, 3.63) is 65.7 Å². The fourth-order valence-corrected chi connectivity index (χ4v) is 3.78. The summed E-state index contributed by atoms with van der Waals surface area (Å²) >= 11 is 0. The van der Waals surface area contributed by atoms with Crippen molar-refractivity contribution in [2.45, 2.75) is 52.9 Å². The lowest BCUT2D eigenvalue weighted by atomic mass is 10.0. The summed E-state index contributed by atoms with van der Waals surface area (Å²) in [5, 5.41) is 10.2. The van der Waals surface area contributed by atoms with Crippen molar-refractivity contribution in [3.8, 4) is 23.0 Å². The van der Waals surface area contributed by atoms with Gasteiger partial charge in [-0.15, -0.1) is 0 Å². The van der Waals surface area contributed by atoms with E-state index in [-0.39, 0.29) is 19.1 Å². The van der Waals surface area contributed by atoms with Crippen molar-refractivity contribution >= 4 is 16.9 Å². The monoisotopic (exact) mass is 479 g/mol. The molecule has 35 heavy (non-hydrogen) atoms. The Labute approximate surface area is 203 Å². The van der Waals surface area contributed by atoms with E-state index < -0.39 is 12.1 Å². The van der Waals surface area contributed by atoms with Crippen molar-refractivity contribution in [2.24, 2.45) is 0 Å². The van der Waals surface area contributed by atoms with Crippen LogP contribution in [0.1, 0.15) is 37.8 Å². The molecule has 0 aliphatic heterocycles. The molecule has 2 aromatic carbocycles. The zero-order valence-corrected chi connectivity index (χ0v) is 20.2. The molecular formula is C27H29NO7. The molecule has 4 aromatic rings. The molecule has 0 spiro atoms. The SMILES string of the molecule is CCOC(Cc1ccc(OCc2nc(-c3ccc(OC(C)C)cc3)oc2C)c2ccoc12)C(=O)O. The van der Waals surface area contributed by atoms with E-state index in [0.717, 1.165) is 22.3 Å². The van der Waals surface area contributed by atoms with Crippen molar-refractivity contribution in [1.29, 1.82) is 0 Å². The van der Waals surface area contributed by atoms with Crippen molar-refractivity contribution < 1.29 is 32.9 Å². The molecule has 0 fully saturated rings. The molecule has 0 aliphatic carbocycles. The number of aliphatic carboxylic acids is 1. The van der Waals surface area contributed by atoms with Crippen LogP contribution >= 0.6 is 0 Å². The van der Waals surface area contributed by atoms with Gasteiger partial charge in [-0.05, 0) is 69.7 Å². The number of carbonyl (C=O) groups is 1. The summed E-state index contributed by atoms with van der Waals surface area (Å²) in [6.45, 7) is 8.10. The van der Waals surface area contributed by atoms with Crippen LogP contribution in [0.3, 0.4) is 0 Å². The quantitative estimate of drug-likeness (QED) is 0.288. The van der Waals surface area contributed by atoms with Gasteiger partial charge in [0.25, 0.3) is 0 Å². The fourth-order valence-electron chi connectivity index (χ4n) is 3.78. The van der Waals surface area contributed by atoms with E-state index >= 15 is 0 Å². The van der Waals surface area contributed by atoms with E-state index in [2.05, 4.69) is 4.98 Å². The lowest BCUT2D eigenvalue weighted by Gasteiger charge is -2.13. The minimum Gasteiger partial charge on any atom is -0.491 e. The third-order valence-corrected chi connectivity index (χ3v) is 5.44. The molecule has 0 radical (unpaired) electrons. The standard InChI is InChI=1S/C27H29NO7/c1-5-31-24(27(29)30)14-19-8-11-23(21-12-13-32-25(19)21)33-15-22-17(4)35-26(28-22)18-6-9-20(10-7-18)34-16(2)3/h6-13,16,24H,5,14-15H2,1-4H3,(H,29,30). The predicted molar refractivity (Wildman–Crippen MR) is 130 cm³/mol. The number of aryl methyl sites for hydroxylation is 1. The summed E-state index contributed by atoms with van der Waals surface area (Å²) in [7, 11) is 0. The van der Waals surface area contributed by atoms with Gasteiger partial charge in [-0.25, -0.2) is 9.78 Å². The molecule has 2 aromatic heterocycles. The Kier molecular flexibility index (Phi) is 7.41. The van der Waals surface area contributed by atoms with Gasteiger partial charge >= 0.3 is 5.97 Å². The van der Waals surface area contributed by atoms with Gasteiger partial charge in [0.05, 0.1) is 17.8 Å². The molecule has 0 saturated carbocycles. The van der Waals surface area contributed by atoms with Gasteiger partial charge < -0.3 is 28.2 Å². The number of hydrogen-bond acceptors (Lipinski definition) is 7.